The van der Waals surface area contributed by atoms with Crippen LogP contribution in [0.5, 0.6) is 11.5 Å². The van der Waals surface area contributed by atoms with Crippen molar-refractivity contribution in [3.05, 3.63) is 83.4 Å². The third-order valence-corrected chi connectivity index (χ3v) is 5.94. The number of nitrogens with zero attached hydrogens (tertiary/aromatic N) is 1. The van der Waals surface area contributed by atoms with Crippen LogP contribution in [0.4, 0.5) is 0 Å². The van der Waals surface area contributed by atoms with Gasteiger partial charge >= 0.3 is 0 Å². The minimum Gasteiger partial charge on any atom is -0.497 e. The molecule has 0 heterocycles. The number of hydrogen-bond donors (Lipinski definition) is 0. The van der Waals surface area contributed by atoms with E-state index >= 15 is 0 Å². The summed E-state index contributed by atoms with van der Waals surface area (Å²) in [6.07, 6.45) is 3.58. The lowest BCUT2D eigenvalue weighted by Crippen LogP contribution is -2.26. The highest BCUT2D eigenvalue weighted by Crippen LogP contribution is 2.30. The summed E-state index contributed by atoms with van der Waals surface area (Å²) in [6, 6.07) is 23.3. The molecule has 0 saturated carbocycles. The van der Waals surface area contributed by atoms with E-state index in [1.165, 1.54) is 47.2 Å². The molecule has 1 aliphatic rings. The fourth-order valence-electron chi connectivity index (χ4n) is 4.43. The highest BCUT2D eigenvalue weighted by molar-refractivity contribution is 5.67. The zero-order valence-corrected chi connectivity index (χ0v) is 18.2. The van der Waals surface area contributed by atoms with Crippen LogP contribution in [-0.2, 0) is 19.4 Å². The molecule has 0 amide bonds. The van der Waals surface area contributed by atoms with Crippen molar-refractivity contribution in [2.24, 2.45) is 5.92 Å². The fraction of sp³-hybridized carbons (Fsp3) is 0.333. The van der Waals surface area contributed by atoms with Crippen molar-refractivity contribution in [1.82, 2.24) is 4.90 Å². The molecule has 30 heavy (non-hydrogen) atoms. The van der Waals surface area contributed by atoms with Crippen LogP contribution in [0.15, 0.2) is 66.7 Å². The molecule has 0 fully saturated rings. The number of ether oxygens (including phenoxy) is 2. The molecule has 3 heteroatoms. The minimum absolute atomic E-state index is 0.560. The Balaban J connectivity index is 1.46. The number of benzene rings is 3. The first kappa shape index (κ1) is 20.5. The Morgan fingerprint density at radius 1 is 0.900 bits per heavy atom. The van der Waals surface area contributed by atoms with Gasteiger partial charge in [-0.15, -0.1) is 0 Å². The molecule has 0 aliphatic heterocycles. The zero-order chi connectivity index (χ0) is 20.9. The third-order valence-electron chi connectivity index (χ3n) is 5.94. The number of fused-ring (bicyclic) bond motifs is 1. The Morgan fingerprint density at radius 2 is 1.67 bits per heavy atom. The first-order valence-corrected chi connectivity index (χ1v) is 10.7. The van der Waals surface area contributed by atoms with Crippen molar-refractivity contribution in [2.45, 2.75) is 25.9 Å². The van der Waals surface area contributed by atoms with E-state index in [2.05, 4.69) is 73.6 Å². The summed E-state index contributed by atoms with van der Waals surface area (Å²) in [6.45, 7) is 1.73. The van der Waals surface area contributed by atoms with Crippen LogP contribution in [-0.4, -0.2) is 32.6 Å². The monoisotopic (exact) mass is 401 g/mol. The second-order valence-electron chi connectivity index (χ2n) is 8.48. The van der Waals surface area contributed by atoms with Crippen molar-refractivity contribution in [2.75, 3.05) is 27.7 Å². The molecule has 0 N–H and O–H groups in total. The van der Waals surface area contributed by atoms with Gasteiger partial charge in [-0.05, 0) is 91.4 Å². The Labute approximate surface area is 180 Å². The van der Waals surface area contributed by atoms with Crippen molar-refractivity contribution in [3.63, 3.8) is 0 Å². The lowest BCUT2D eigenvalue weighted by molar-refractivity contribution is 0.297. The van der Waals surface area contributed by atoms with Gasteiger partial charge in [-0.25, -0.2) is 0 Å². The van der Waals surface area contributed by atoms with Gasteiger partial charge in [-0.3, -0.25) is 0 Å². The van der Waals surface area contributed by atoms with Gasteiger partial charge in [0.05, 0.1) is 7.11 Å². The molecule has 0 saturated heterocycles. The van der Waals surface area contributed by atoms with E-state index in [-0.39, 0.29) is 0 Å². The smallest absolute Gasteiger partial charge is 0.120 e. The standard InChI is InChI=1S/C27H31NO2/c1-28(2)18-20-8-9-23-17-26(15-12-22(23)16-20)30-19-24-6-4-5-7-27(24)21-10-13-25(29-3)14-11-21/h4-7,10-15,17,20H,8-9,16,18-19H2,1-3H3. The van der Waals surface area contributed by atoms with E-state index in [9.17, 15) is 0 Å². The molecule has 3 nitrogen and oxygen atoms in total. The third kappa shape index (κ3) is 4.85. The molecule has 0 bridgehead atoms. The highest BCUT2D eigenvalue weighted by Gasteiger charge is 2.19. The zero-order valence-electron chi connectivity index (χ0n) is 18.2. The van der Waals surface area contributed by atoms with E-state index < -0.39 is 0 Å². The average molecular weight is 402 g/mol. The van der Waals surface area contributed by atoms with Gasteiger partial charge in [0.25, 0.3) is 0 Å². The van der Waals surface area contributed by atoms with Crippen LogP contribution >= 0.6 is 0 Å². The predicted octanol–water partition coefficient (Wildman–Crippen LogP) is 5.61. The Kier molecular flexibility index (Phi) is 6.39. The van der Waals surface area contributed by atoms with Crippen LogP contribution in [0.1, 0.15) is 23.1 Å². The summed E-state index contributed by atoms with van der Waals surface area (Å²) >= 11 is 0. The van der Waals surface area contributed by atoms with Crippen molar-refractivity contribution >= 4 is 0 Å². The van der Waals surface area contributed by atoms with Crippen LogP contribution in [0.25, 0.3) is 11.1 Å². The SMILES string of the molecule is COc1ccc(-c2ccccc2COc2ccc3c(c2)CCC(CN(C)C)C3)cc1. The molecular weight excluding hydrogens is 370 g/mol. The van der Waals surface area contributed by atoms with Gasteiger partial charge in [0.15, 0.2) is 0 Å². The Bertz CT molecular complexity index is 978. The lowest BCUT2D eigenvalue weighted by atomic mass is 9.83. The number of rotatable bonds is 7. The maximum absolute atomic E-state index is 6.22. The largest absolute Gasteiger partial charge is 0.497 e. The first-order chi connectivity index (χ1) is 14.6. The van der Waals surface area contributed by atoms with E-state index in [0.717, 1.165) is 23.8 Å². The number of hydrogen-bond acceptors (Lipinski definition) is 3. The maximum Gasteiger partial charge on any atom is 0.120 e. The summed E-state index contributed by atoms with van der Waals surface area (Å²) < 4.78 is 11.5. The van der Waals surface area contributed by atoms with Gasteiger partial charge in [0, 0.05) is 6.54 Å². The molecule has 1 atom stereocenters. The topological polar surface area (TPSA) is 21.7 Å². The summed E-state index contributed by atoms with van der Waals surface area (Å²) in [7, 11) is 6.02. The van der Waals surface area contributed by atoms with E-state index in [0.29, 0.717) is 6.61 Å². The quantitative estimate of drug-likeness (QED) is 0.514. The van der Waals surface area contributed by atoms with Crippen LogP contribution in [0.3, 0.4) is 0 Å². The van der Waals surface area contributed by atoms with Gasteiger partial charge < -0.3 is 14.4 Å². The molecule has 0 spiro atoms. The average Bonchev–Trinajstić information content (AvgIpc) is 2.77. The molecule has 156 valence electrons. The molecule has 3 aromatic carbocycles. The molecule has 1 unspecified atom stereocenters. The van der Waals surface area contributed by atoms with E-state index in [1.54, 1.807) is 7.11 Å². The summed E-state index contributed by atoms with van der Waals surface area (Å²) in [4.78, 5) is 2.30. The molecule has 4 rings (SSSR count). The van der Waals surface area contributed by atoms with Crippen molar-refractivity contribution in [3.8, 4) is 22.6 Å². The molecule has 1 aliphatic carbocycles. The van der Waals surface area contributed by atoms with Crippen LogP contribution < -0.4 is 9.47 Å². The van der Waals surface area contributed by atoms with E-state index in [1.807, 2.05) is 12.1 Å². The molecular formula is C27H31NO2. The van der Waals surface area contributed by atoms with Crippen molar-refractivity contribution < 1.29 is 9.47 Å². The van der Waals surface area contributed by atoms with Gasteiger partial charge in [0.1, 0.15) is 18.1 Å². The second kappa shape index (κ2) is 9.36. The second-order valence-corrected chi connectivity index (χ2v) is 8.48. The summed E-state index contributed by atoms with van der Waals surface area (Å²) in [5.41, 5.74) is 6.49. The molecule has 3 aromatic rings. The number of methoxy groups -OCH3 is 1. The molecule has 0 aromatic heterocycles. The van der Waals surface area contributed by atoms with Gasteiger partial charge in [0.2, 0.25) is 0 Å². The fourth-order valence-corrected chi connectivity index (χ4v) is 4.43. The minimum atomic E-state index is 0.560. The summed E-state index contributed by atoms with van der Waals surface area (Å²) in [5, 5.41) is 0. The Hall–Kier alpha value is -2.78. The van der Waals surface area contributed by atoms with Crippen LogP contribution in [0, 0.1) is 5.92 Å². The van der Waals surface area contributed by atoms with E-state index in [4.69, 9.17) is 9.47 Å². The first-order valence-electron chi connectivity index (χ1n) is 10.7. The van der Waals surface area contributed by atoms with Gasteiger partial charge in [-0.1, -0.05) is 42.5 Å². The predicted molar refractivity (Wildman–Crippen MR) is 123 cm³/mol. The lowest BCUT2D eigenvalue weighted by Gasteiger charge is -2.27. The maximum atomic E-state index is 6.22. The number of aryl methyl sites for hydroxylation is 1. The highest BCUT2D eigenvalue weighted by atomic mass is 16.5. The van der Waals surface area contributed by atoms with Crippen molar-refractivity contribution in [1.29, 1.82) is 0 Å². The normalized spacial score (nSPS) is 15.7. The van der Waals surface area contributed by atoms with Crippen LogP contribution in [0.2, 0.25) is 0 Å². The Morgan fingerprint density at radius 3 is 2.43 bits per heavy atom. The molecule has 0 radical (unpaired) electrons. The summed E-state index contributed by atoms with van der Waals surface area (Å²) in [5.74, 6) is 2.59. The van der Waals surface area contributed by atoms with Gasteiger partial charge in [-0.2, -0.15) is 0 Å².